The van der Waals surface area contributed by atoms with Crippen LogP contribution in [0.1, 0.15) is 79.3 Å². The Morgan fingerprint density at radius 3 is 1.99 bits per heavy atom. The monoisotopic (exact) mass is 953 g/mol. The molecule has 2 heterocycles. The Morgan fingerprint density at radius 1 is 0.841 bits per heavy atom. The number of anilines is 2. The third kappa shape index (κ3) is 12.2. The van der Waals surface area contributed by atoms with Gasteiger partial charge in [-0.2, -0.15) is 10.2 Å². The van der Waals surface area contributed by atoms with E-state index in [0.29, 0.717) is 46.3 Å². The van der Waals surface area contributed by atoms with Gasteiger partial charge in [-0.25, -0.2) is 9.46 Å². The van der Waals surface area contributed by atoms with Gasteiger partial charge in [0, 0.05) is 48.6 Å². The summed E-state index contributed by atoms with van der Waals surface area (Å²) in [5.74, 6) is 2.11. The summed E-state index contributed by atoms with van der Waals surface area (Å²) in [6, 6.07) is 44.1. The highest BCUT2D eigenvalue weighted by Gasteiger charge is 2.45. The van der Waals surface area contributed by atoms with Crippen LogP contribution in [0, 0.1) is 11.3 Å². The third-order valence-corrected chi connectivity index (χ3v) is 13.9. The minimum atomic E-state index is -1.71. The maximum atomic E-state index is 13.2. The lowest BCUT2D eigenvalue weighted by molar-refractivity contribution is -0.0806. The number of aryl methyl sites for hydroxylation is 1. The van der Waals surface area contributed by atoms with Crippen molar-refractivity contribution in [2.45, 2.75) is 76.5 Å². The number of nitrogens with zero attached hydrogens (tertiary/aromatic N) is 4. The molecule has 1 fully saturated rings. The first kappa shape index (κ1) is 50.4. The summed E-state index contributed by atoms with van der Waals surface area (Å²) in [7, 11) is 3.21. The van der Waals surface area contributed by atoms with E-state index in [1.807, 2.05) is 97.1 Å². The van der Waals surface area contributed by atoms with Gasteiger partial charge in [0.25, 0.3) is 8.53 Å². The van der Waals surface area contributed by atoms with E-state index in [2.05, 4.69) is 48.7 Å². The molecule has 0 amide bonds. The predicted octanol–water partition coefficient (Wildman–Crippen LogP) is 10.3. The second kappa shape index (κ2) is 23.7. The summed E-state index contributed by atoms with van der Waals surface area (Å²) < 4.78 is 48.5. The molecule has 1 aliphatic heterocycles. The lowest BCUT2D eigenvalue weighted by atomic mass is 9.80. The van der Waals surface area contributed by atoms with Crippen LogP contribution in [-0.4, -0.2) is 78.3 Å². The van der Waals surface area contributed by atoms with Crippen LogP contribution in [-0.2, 0) is 31.2 Å². The van der Waals surface area contributed by atoms with Crippen molar-refractivity contribution in [2.75, 3.05) is 39.4 Å². The second-order valence-corrected chi connectivity index (χ2v) is 18.5. The largest absolute Gasteiger partial charge is 0.497 e. The van der Waals surface area contributed by atoms with Gasteiger partial charge in [0.05, 0.1) is 52.1 Å². The lowest BCUT2D eigenvalue weighted by Crippen LogP contribution is -2.39. The van der Waals surface area contributed by atoms with Gasteiger partial charge in [0.1, 0.15) is 34.8 Å². The van der Waals surface area contributed by atoms with Gasteiger partial charge in [-0.15, -0.1) is 0 Å². The van der Waals surface area contributed by atoms with Crippen molar-refractivity contribution in [2.24, 2.45) is 7.05 Å². The zero-order chi connectivity index (χ0) is 48.9. The van der Waals surface area contributed by atoms with Gasteiger partial charge >= 0.3 is 5.69 Å². The molecule has 0 saturated carbocycles. The molecule has 0 radical (unpaired) electrons. The SMILES string of the molecule is COc1ccc(C(OC[C@H]2O[C@@H](c3cn(C)c(=O)nc3Nc3ccc(C(=O)COc4ccccc4)cc3)C[C@@H]2OP(OCCC#N)N(C(C)C)C(C)C)(c2ccccc2)c2ccc(OC)cc2)cc1. The minimum absolute atomic E-state index is 0.0450. The van der Waals surface area contributed by atoms with Gasteiger partial charge in [0.2, 0.25) is 0 Å². The zero-order valence-electron chi connectivity index (χ0n) is 40.1. The molecular formula is C54H60N5O9P. The number of methoxy groups -OCH3 is 2. The number of carbonyl (C=O) groups is 1. The van der Waals surface area contributed by atoms with Crippen molar-refractivity contribution >= 4 is 25.8 Å². The number of benzene rings is 5. The van der Waals surface area contributed by atoms with Gasteiger partial charge < -0.3 is 42.6 Å². The maximum Gasteiger partial charge on any atom is 0.349 e. The van der Waals surface area contributed by atoms with Gasteiger partial charge in [-0.05, 0) is 105 Å². The predicted molar refractivity (Wildman–Crippen MR) is 266 cm³/mol. The molecule has 360 valence electrons. The summed E-state index contributed by atoms with van der Waals surface area (Å²) in [4.78, 5) is 30.8. The summed E-state index contributed by atoms with van der Waals surface area (Å²) in [6.07, 6.45) is 0.334. The molecule has 1 saturated heterocycles. The molecule has 14 nitrogen and oxygen atoms in total. The molecule has 6 aromatic rings. The standard InChI is InChI=1S/C54H60N5O9P/c1-37(2)59(38(3)4)69(66-32-14-31-55)68-50-33-49(47-34-58(5)53(61)57-52(47)56-43-25-19-39(20-26-43)48(60)35-64-46-17-12-9-13-18-46)67-51(50)36-65-54(40-15-10-8-11-16-40,41-21-27-44(62-6)28-22-41)42-23-29-45(63-7)30-24-42/h8-13,15-30,34,37-38,49-51H,14,32-33,35-36H2,1-7H3,(H,56,57,61)/t49-,50+,51-,69?/m1/s1. The number of hydrogen-bond acceptors (Lipinski definition) is 13. The number of nitriles is 1. The average molecular weight is 954 g/mol. The van der Waals surface area contributed by atoms with Gasteiger partial charge in [-0.3, -0.25) is 4.79 Å². The van der Waals surface area contributed by atoms with Crippen LogP contribution >= 0.6 is 8.53 Å². The fourth-order valence-corrected chi connectivity index (χ4v) is 10.1. The number of nitrogens with one attached hydrogen (secondary N) is 1. The molecule has 1 aromatic heterocycles. The highest BCUT2D eigenvalue weighted by Crippen LogP contribution is 2.52. The van der Waals surface area contributed by atoms with E-state index >= 15 is 0 Å². The Balaban J connectivity index is 1.25. The molecule has 69 heavy (non-hydrogen) atoms. The topological polar surface area (TPSA) is 156 Å². The van der Waals surface area contributed by atoms with Gasteiger partial charge in [-0.1, -0.05) is 72.8 Å². The molecule has 0 aliphatic carbocycles. The molecule has 0 bridgehead atoms. The minimum Gasteiger partial charge on any atom is -0.497 e. The molecule has 15 heteroatoms. The number of hydrogen-bond donors (Lipinski definition) is 1. The Hall–Kier alpha value is -6.43. The molecule has 1 unspecified atom stereocenters. The average Bonchev–Trinajstić information content (AvgIpc) is 3.77. The number of aromatic nitrogens is 2. The normalized spacial score (nSPS) is 16.3. The van der Waals surface area contributed by atoms with E-state index in [1.54, 1.807) is 63.9 Å². The van der Waals surface area contributed by atoms with Crippen LogP contribution in [0.25, 0.3) is 0 Å². The van der Waals surface area contributed by atoms with Crippen molar-refractivity contribution in [1.82, 2.24) is 14.2 Å². The van der Waals surface area contributed by atoms with Crippen LogP contribution in [0.3, 0.4) is 0 Å². The van der Waals surface area contributed by atoms with Crippen LogP contribution in [0.2, 0.25) is 0 Å². The molecule has 0 spiro atoms. The number of carbonyl (C=O) groups excluding carboxylic acids is 1. The Morgan fingerprint density at radius 2 is 1.42 bits per heavy atom. The van der Waals surface area contributed by atoms with Crippen molar-refractivity contribution in [3.8, 4) is 23.3 Å². The van der Waals surface area contributed by atoms with Gasteiger partial charge in [0.15, 0.2) is 12.4 Å². The Labute approximate surface area is 405 Å². The number of ether oxygens (including phenoxy) is 5. The van der Waals surface area contributed by atoms with Crippen molar-refractivity contribution in [3.05, 3.63) is 178 Å². The summed E-state index contributed by atoms with van der Waals surface area (Å²) >= 11 is 0. The van der Waals surface area contributed by atoms with E-state index in [4.69, 9.17) is 32.7 Å². The summed E-state index contributed by atoms with van der Waals surface area (Å²) in [5, 5.41) is 12.8. The Bertz CT molecular complexity index is 2620. The first-order valence-electron chi connectivity index (χ1n) is 23.0. The molecule has 1 aliphatic rings. The van der Waals surface area contributed by atoms with Crippen LogP contribution in [0.4, 0.5) is 11.5 Å². The molecule has 4 atom stereocenters. The van der Waals surface area contributed by atoms with E-state index in [9.17, 15) is 14.9 Å². The van der Waals surface area contributed by atoms with Crippen LogP contribution in [0.15, 0.2) is 144 Å². The van der Waals surface area contributed by atoms with Crippen molar-refractivity contribution in [3.63, 3.8) is 0 Å². The maximum absolute atomic E-state index is 13.2. The highest BCUT2D eigenvalue weighted by molar-refractivity contribution is 7.44. The van der Waals surface area contributed by atoms with Crippen LogP contribution in [0.5, 0.6) is 17.2 Å². The molecular weight excluding hydrogens is 894 g/mol. The van der Waals surface area contributed by atoms with Crippen LogP contribution < -0.4 is 25.2 Å². The first-order valence-corrected chi connectivity index (χ1v) is 24.1. The fourth-order valence-electron chi connectivity index (χ4n) is 8.39. The van der Waals surface area contributed by atoms with Crippen molar-refractivity contribution < 1.29 is 37.5 Å². The third-order valence-electron chi connectivity index (χ3n) is 11.8. The first-order chi connectivity index (χ1) is 33.4. The number of ketones is 1. The summed E-state index contributed by atoms with van der Waals surface area (Å²) in [5.41, 5.74) is 2.64. The molecule has 5 aromatic carbocycles. The van der Waals surface area contributed by atoms with E-state index < -0.39 is 38.1 Å². The smallest absolute Gasteiger partial charge is 0.349 e. The van der Waals surface area contributed by atoms with E-state index in [0.717, 1.165) is 16.7 Å². The highest BCUT2D eigenvalue weighted by atomic mass is 31.2. The van der Waals surface area contributed by atoms with Crippen molar-refractivity contribution in [1.29, 1.82) is 5.26 Å². The Kier molecular flexibility index (Phi) is 17.3. The lowest BCUT2D eigenvalue weighted by Gasteiger charge is -2.39. The number of rotatable bonds is 23. The molecule has 1 N–H and O–H groups in total. The number of Topliss-reactive ketones (excluding diaryl/α,β-unsaturated/α-hetero) is 1. The van der Waals surface area contributed by atoms with E-state index in [1.165, 1.54) is 4.57 Å². The second-order valence-electron chi connectivity index (χ2n) is 17.1. The fraction of sp³-hybridized carbons (Fsp3) is 0.333. The van der Waals surface area contributed by atoms with E-state index in [-0.39, 0.29) is 44.1 Å². The summed E-state index contributed by atoms with van der Waals surface area (Å²) in [6.45, 7) is 8.48. The molecule has 7 rings (SSSR count). The zero-order valence-corrected chi connectivity index (χ0v) is 41.0. The number of para-hydroxylation sites is 1. The quantitative estimate of drug-likeness (QED) is 0.0281.